The molecule has 0 fully saturated rings. The second kappa shape index (κ2) is 9.50. The van der Waals surface area contributed by atoms with Crippen molar-refractivity contribution in [3.63, 3.8) is 0 Å². The Morgan fingerprint density at radius 3 is 2.46 bits per heavy atom. The van der Waals surface area contributed by atoms with Crippen LogP contribution in [0.3, 0.4) is 0 Å². The Kier molecular flexibility index (Phi) is 6.10. The van der Waals surface area contributed by atoms with E-state index in [1.54, 1.807) is 11.8 Å². The predicted octanol–water partition coefficient (Wildman–Crippen LogP) is 4.15. The maximum absolute atomic E-state index is 13.5. The summed E-state index contributed by atoms with van der Waals surface area (Å²) >= 11 is 0. The quantitative estimate of drug-likeness (QED) is 0.445. The average molecular weight is 470 g/mol. The van der Waals surface area contributed by atoms with E-state index in [4.69, 9.17) is 9.84 Å². The number of carbonyl (C=O) groups excluding carboxylic acids is 2. The van der Waals surface area contributed by atoms with Gasteiger partial charge in [-0.1, -0.05) is 48.5 Å². The van der Waals surface area contributed by atoms with Crippen molar-refractivity contribution < 1.29 is 14.3 Å². The highest BCUT2D eigenvalue weighted by Gasteiger charge is 2.36. The maximum atomic E-state index is 13.5. The Hall–Kier alpha value is -4.33. The lowest BCUT2D eigenvalue weighted by atomic mass is 10.0. The van der Waals surface area contributed by atoms with Gasteiger partial charge in [-0.3, -0.25) is 4.79 Å². The molecule has 3 heterocycles. The molecule has 1 aliphatic rings. The number of para-hydroxylation sites is 1. The van der Waals surface area contributed by atoms with E-state index in [-0.39, 0.29) is 25.2 Å². The molecule has 5 rings (SSSR count). The molecule has 2 aromatic carbocycles. The summed E-state index contributed by atoms with van der Waals surface area (Å²) in [6, 6.07) is 23.2. The van der Waals surface area contributed by atoms with Crippen LogP contribution in [0.5, 0.6) is 0 Å². The lowest BCUT2D eigenvalue weighted by molar-refractivity contribution is -0.141. The summed E-state index contributed by atoms with van der Waals surface area (Å²) in [6.45, 7) is 4.09. The van der Waals surface area contributed by atoms with E-state index in [0.29, 0.717) is 6.54 Å². The van der Waals surface area contributed by atoms with Gasteiger partial charge in [0, 0.05) is 11.8 Å². The first-order chi connectivity index (χ1) is 17.1. The second-order valence-electron chi connectivity index (χ2n) is 8.34. The first-order valence-electron chi connectivity index (χ1n) is 11.6. The van der Waals surface area contributed by atoms with Crippen LogP contribution in [0.25, 0.3) is 11.5 Å². The van der Waals surface area contributed by atoms with Crippen molar-refractivity contribution in [3.8, 4) is 11.5 Å². The fourth-order valence-electron chi connectivity index (χ4n) is 4.60. The number of fused-ring (bicyclic) bond motifs is 3. The molecule has 0 aliphatic carbocycles. The molecule has 0 saturated heterocycles. The van der Waals surface area contributed by atoms with E-state index < -0.39 is 5.97 Å². The third kappa shape index (κ3) is 4.19. The summed E-state index contributed by atoms with van der Waals surface area (Å²) in [5, 5.41) is 7.59. The number of hydrogen-bond donors (Lipinski definition) is 1. The van der Waals surface area contributed by atoms with Gasteiger partial charge < -0.3 is 19.5 Å². The van der Waals surface area contributed by atoms with Crippen LogP contribution < -0.4 is 5.32 Å². The number of esters is 1. The van der Waals surface area contributed by atoms with Gasteiger partial charge in [0.05, 0.1) is 36.3 Å². The van der Waals surface area contributed by atoms with Crippen LogP contribution in [-0.2, 0) is 16.1 Å². The Morgan fingerprint density at radius 1 is 1.03 bits per heavy atom. The summed E-state index contributed by atoms with van der Waals surface area (Å²) in [4.78, 5) is 27.3. The third-order valence-electron chi connectivity index (χ3n) is 6.15. The number of urea groups is 1. The minimum atomic E-state index is -0.468. The Bertz CT molecular complexity index is 1340. The van der Waals surface area contributed by atoms with Crippen molar-refractivity contribution >= 4 is 12.0 Å². The summed E-state index contributed by atoms with van der Waals surface area (Å²) in [6.07, 6.45) is 2.00. The zero-order chi connectivity index (χ0) is 24.4. The first-order valence-corrected chi connectivity index (χ1v) is 11.6. The summed E-state index contributed by atoms with van der Waals surface area (Å²) in [7, 11) is 0. The maximum Gasteiger partial charge on any atom is 0.325 e. The van der Waals surface area contributed by atoms with Gasteiger partial charge in [0.2, 0.25) is 0 Å². The van der Waals surface area contributed by atoms with Gasteiger partial charge in [-0.25, -0.2) is 9.48 Å². The highest BCUT2D eigenvalue weighted by atomic mass is 16.5. The van der Waals surface area contributed by atoms with Crippen LogP contribution in [0.4, 0.5) is 4.79 Å². The summed E-state index contributed by atoms with van der Waals surface area (Å²) in [5.41, 5.74) is 4.61. The number of nitrogens with one attached hydrogen (secondary N) is 1. The Balaban J connectivity index is 1.64. The van der Waals surface area contributed by atoms with Gasteiger partial charge in [-0.15, -0.1) is 0 Å². The molecule has 4 aromatic rings. The monoisotopic (exact) mass is 469 g/mol. The first kappa shape index (κ1) is 22.5. The number of amides is 2. The van der Waals surface area contributed by atoms with Gasteiger partial charge in [-0.2, -0.15) is 5.10 Å². The average Bonchev–Trinajstić information content (AvgIpc) is 3.44. The topological polar surface area (TPSA) is 81.4 Å². The SMILES string of the molecule is CCOC(=O)CNC(=O)N1Cc2c(C)nn(-c3ccccc3)c2-n2cccc2C1c1ccccc1. The van der Waals surface area contributed by atoms with Gasteiger partial charge in [0.1, 0.15) is 12.4 Å². The van der Waals surface area contributed by atoms with Gasteiger partial charge >= 0.3 is 12.0 Å². The largest absolute Gasteiger partial charge is 0.465 e. The highest BCUT2D eigenvalue weighted by molar-refractivity contribution is 5.81. The molecule has 2 amide bonds. The van der Waals surface area contributed by atoms with Crippen LogP contribution in [0.15, 0.2) is 79.0 Å². The van der Waals surface area contributed by atoms with E-state index >= 15 is 0 Å². The number of benzene rings is 2. The van der Waals surface area contributed by atoms with Crippen molar-refractivity contribution in [1.82, 2.24) is 24.6 Å². The molecule has 0 saturated carbocycles. The molecule has 0 radical (unpaired) electrons. The zero-order valence-electron chi connectivity index (χ0n) is 19.7. The zero-order valence-corrected chi connectivity index (χ0v) is 19.7. The van der Waals surface area contributed by atoms with E-state index in [1.165, 1.54) is 0 Å². The summed E-state index contributed by atoms with van der Waals surface area (Å²) < 4.78 is 9.03. The Labute approximate surface area is 203 Å². The molecule has 0 bridgehead atoms. The van der Waals surface area contributed by atoms with Crippen molar-refractivity contribution in [2.45, 2.75) is 26.4 Å². The molecule has 8 heteroatoms. The molecule has 1 N–H and O–H groups in total. The van der Waals surface area contributed by atoms with Crippen molar-refractivity contribution in [2.24, 2.45) is 0 Å². The highest BCUT2D eigenvalue weighted by Crippen LogP contribution is 2.38. The number of nitrogens with zero attached hydrogens (tertiary/aromatic N) is 4. The number of carbonyl (C=O) groups is 2. The standard InChI is InChI=1S/C27H27N5O3/c1-3-35-24(33)17-28-27(34)31-18-22-19(2)29-32(21-13-8-5-9-14-21)26(22)30-16-10-15-23(30)25(31)20-11-6-4-7-12-20/h4-16,25H,3,17-18H2,1-2H3,(H,28,34). The van der Waals surface area contributed by atoms with Gasteiger partial charge in [0.15, 0.2) is 0 Å². The number of aryl methyl sites for hydroxylation is 1. The predicted molar refractivity (Wildman–Crippen MR) is 131 cm³/mol. The molecule has 8 nitrogen and oxygen atoms in total. The van der Waals surface area contributed by atoms with Crippen LogP contribution in [0.1, 0.15) is 35.5 Å². The van der Waals surface area contributed by atoms with Crippen LogP contribution in [0, 0.1) is 6.92 Å². The molecule has 35 heavy (non-hydrogen) atoms. The fourth-order valence-corrected chi connectivity index (χ4v) is 4.60. The molecule has 1 atom stereocenters. The summed E-state index contributed by atoms with van der Waals surface area (Å²) in [5.74, 6) is 0.430. The number of rotatable bonds is 5. The third-order valence-corrected chi connectivity index (χ3v) is 6.15. The van der Waals surface area contributed by atoms with Crippen molar-refractivity contribution in [3.05, 3.63) is 102 Å². The number of aromatic nitrogens is 3. The minimum absolute atomic E-state index is 0.194. The van der Waals surface area contributed by atoms with Crippen LogP contribution in [0.2, 0.25) is 0 Å². The van der Waals surface area contributed by atoms with Crippen LogP contribution >= 0.6 is 0 Å². The van der Waals surface area contributed by atoms with E-state index in [2.05, 4.69) is 9.88 Å². The van der Waals surface area contributed by atoms with E-state index in [9.17, 15) is 9.59 Å². The van der Waals surface area contributed by atoms with E-state index in [0.717, 1.165) is 34.0 Å². The lowest BCUT2D eigenvalue weighted by Gasteiger charge is -2.31. The smallest absolute Gasteiger partial charge is 0.325 e. The van der Waals surface area contributed by atoms with Crippen molar-refractivity contribution in [1.29, 1.82) is 0 Å². The van der Waals surface area contributed by atoms with Crippen molar-refractivity contribution in [2.75, 3.05) is 13.2 Å². The second-order valence-corrected chi connectivity index (χ2v) is 8.34. The molecule has 2 aromatic heterocycles. The fraction of sp³-hybridized carbons (Fsp3) is 0.222. The minimum Gasteiger partial charge on any atom is -0.465 e. The number of ether oxygens (including phenoxy) is 1. The lowest BCUT2D eigenvalue weighted by Crippen LogP contribution is -2.44. The van der Waals surface area contributed by atoms with Crippen LogP contribution in [-0.4, -0.2) is 44.4 Å². The molecule has 1 aliphatic heterocycles. The molecule has 178 valence electrons. The van der Waals surface area contributed by atoms with Gasteiger partial charge in [-0.05, 0) is 43.7 Å². The Morgan fingerprint density at radius 2 is 1.74 bits per heavy atom. The van der Waals surface area contributed by atoms with Gasteiger partial charge in [0.25, 0.3) is 0 Å². The van der Waals surface area contributed by atoms with E-state index in [1.807, 2.05) is 90.6 Å². The number of hydrogen-bond acceptors (Lipinski definition) is 4. The molecular weight excluding hydrogens is 442 g/mol. The molecule has 1 unspecified atom stereocenters. The molecule has 0 spiro atoms. The normalized spacial score (nSPS) is 14.6. The molecular formula is C27H27N5O3.